The summed E-state index contributed by atoms with van der Waals surface area (Å²) in [4.78, 5) is 0. The van der Waals surface area contributed by atoms with Crippen LogP contribution >= 0.6 is 0 Å². The zero-order chi connectivity index (χ0) is 9.52. The van der Waals surface area contributed by atoms with Gasteiger partial charge in [-0.25, -0.2) is 0 Å². The molecule has 1 aliphatic carbocycles. The van der Waals surface area contributed by atoms with Crippen LogP contribution in [0.5, 0.6) is 0 Å². The topological polar surface area (TPSA) is 21.3 Å². The predicted octanol–water partition coefficient (Wildman–Crippen LogP) is 2.19. The van der Waals surface area contributed by atoms with Crippen molar-refractivity contribution in [2.45, 2.75) is 45.6 Å². The van der Waals surface area contributed by atoms with E-state index in [9.17, 15) is 0 Å². The molecule has 1 rings (SSSR count). The highest BCUT2D eigenvalue weighted by Gasteiger charge is 2.20. The first kappa shape index (κ1) is 11.0. The zero-order valence-corrected chi connectivity index (χ0v) is 9.01. The maximum absolute atomic E-state index is 5.58. The first-order valence-corrected chi connectivity index (χ1v) is 5.64. The lowest BCUT2D eigenvalue weighted by Crippen LogP contribution is -2.31. The van der Waals surface area contributed by atoms with Crippen molar-refractivity contribution in [2.75, 3.05) is 19.8 Å². The molecule has 0 amide bonds. The van der Waals surface area contributed by atoms with Crippen molar-refractivity contribution in [1.29, 1.82) is 0 Å². The maximum atomic E-state index is 5.58. The van der Waals surface area contributed by atoms with E-state index in [1.165, 1.54) is 25.7 Å². The van der Waals surface area contributed by atoms with Crippen molar-refractivity contribution in [3.8, 4) is 0 Å². The first-order valence-electron chi connectivity index (χ1n) is 5.64. The Balaban J connectivity index is 1.79. The lowest BCUT2D eigenvalue weighted by Gasteiger charge is -2.13. The molecule has 1 atom stereocenters. The molecule has 0 aromatic rings. The third kappa shape index (κ3) is 6.05. The smallest absolute Gasteiger partial charge is 0.0616 e. The average molecular weight is 185 g/mol. The van der Waals surface area contributed by atoms with Crippen LogP contribution in [-0.4, -0.2) is 25.8 Å². The molecule has 1 saturated carbocycles. The minimum atomic E-state index is 0.513. The fourth-order valence-electron chi connectivity index (χ4n) is 1.37. The van der Waals surface area contributed by atoms with E-state index in [-0.39, 0.29) is 0 Å². The molecule has 0 aliphatic heterocycles. The van der Waals surface area contributed by atoms with Crippen LogP contribution in [0.3, 0.4) is 0 Å². The molecule has 1 unspecified atom stereocenters. The van der Waals surface area contributed by atoms with Gasteiger partial charge in [-0.2, -0.15) is 0 Å². The van der Waals surface area contributed by atoms with E-state index in [2.05, 4.69) is 19.2 Å². The van der Waals surface area contributed by atoms with Gasteiger partial charge in [0.25, 0.3) is 0 Å². The minimum Gasteiger partial charge on any atom is -0.380 e. The molecule has 0 radical (unpaired) electrons. The van der Waals surface area contributed by atoms with Gasteiger partial charge in [-0.1, -0.05) is 19.8 Å². The Morgan fingerprint density at radius 1 is 1.46 bits per heavy atom. The Morgan fingerprint density at radius 3 is 2.85 bits per heavy atom. The molecule has 0 bridgehead atoms. The minimum absolute atomic E-state index is 0.513. The van der Waals surface area contributed by atoms with E-state index in [0.29, 0.717) is 6.04 Å². The fourth-order valence-corrected chi connectivity index (χ4v) is 1.37. The molecule has 0 saturated heterocycles. The van der Waals surface area contributed by atoms with E-state index in [1.54, 1.807) is 0 Å². The van der Waals surface area contributed by atoms with Crippen LogP contribution in [0.2, 0.25) is 0 Å². The van der Waals surface area contributed by atoms with Gasteiger partial charge in [0.1, 0.15) is 0 Å². The predicted molar refractivity (Wildman–Crippen MR) is 55.9 cm³/mol. The molecule has 1 fully saturated rings. The Labute approximate surface area is 82.0 Å². The second kappa shape index (κ2) is 6.39. The number of hydrogen-bond donors (Lipinski definition) is 1. The molecule has 1 N–H and O–H groups in total. The molecular formula is C11H23NO. The number of nitrogens with one attached hydrogen (secondary N) is 1. The maximum Gasteiger partial charge on any atom is 0.0616 e. The summed E-state index contributed by atoms with van der Waals surface area (Å²) in [6.07, 6.45) is 5.35. The van der Waals surface area contributed by atoms with Crippen molar-refractivity contribution in [2.24, 2.45) is 5.92 Å². The zero-order valence-electron chi connectivity index (χ0n) is 9.01. The molecular weight excluding hydrogens is 162 g/mol. The van der Waals surface area contributed by atoms with Crippen molar-refractivity contribution in [3.63, 3.8) is 0 Å². The lowest BCUT2D eigenvalue weighted by molar-refractivity contribution is 0.110. The number of ether oxygens (including phenoxy) is 1. The molecule has 78 valence electrons. The van der Waals surface area contributed by atoms with Crippen LogP contribution < -0.4 is 5.32 Å². The monoisotopic (exact) mass is 185 g/mol. The summed E-state index contributed by atoms with van der Waals surface area (Å²) < 4.78 is 5.58. The Bertz CT molecular complexity index is 123. The van der Waals surface area contributed by atoms with Crippen molar-refractivity contribution >= 4 is 0 Å². The van der Waals surface area contributed by atoms with Gasteiger partial charge in [0.2, 0.25) is 0 Å². The van der Waals surface area contributed by atoms with Crippen molar-refractivity contribution < 1.29 is 4.74 Å². The highest BCUT2D eigenvalue weighted by Crippen LogP contribution is 2.31. The second-order valence-electron chi connectivity index (χ2n) is 4.16. The summed E-state index contributed by atoms with van der Waals surface area (Å²) in [6.45, 7) is 7.31. The third-order valence-electron chi connectivity index (χ3n) is 2.48. The van der Waals surface area contributed by atoms with E-state index in [1.807, 2.05) is 0 Å². The Kier molecular flexibility index (Phi) is 5.40. The summed E-state index contributed by atoms with van der Waals surface area (Å²) in [5.41, 5.74) is 0. The summed E-state index contributed by atoms with van der Waals surface area (Å²) in [5, 5.41) is 3.41. The highest BCUT2D eigenvalue weighted by atomic mass is 16.5. The van der Waals surface area contributed by atoms with Gasteiger partial charge in [-0.3, -0.25) is 0 Å². The van der Waals surface area contributed by atoms with E-state index >= 15 is 0 Å². The van der Waals surface area contributed by atoms with Gasteiger partial charge in [0.15, 0.2) is 0 Å². The van der Waals surface area contributed by atoms with E-state index in [0.717, 1.165) is 25.7 Å². The highest BCUT2D eigenvalue weighted by molar-refractivity contribution is 4.72. The largest absolute Gasteiger partial charge is 0.380 e. The molecule has 13 heavy (non-hydrogen) atoms. The van der Waals surface area contributed by atoms with Crippen molar-refractivity contribution in [1.82, 2.24) is 5.32 Å². The third-order valence-corrected chi connectivity index (χ3v) is 2.48. The second-order valence-corrected chi connectivity index (χ2v) is 4.16. The van der Waals surface area contributed by atoms with Crippen LogP contribution in [0.15, 0.2) is 0 Å². The average Bonchev–Trinajstić information content (AvgIpc) is 2.92. The number of hydrogen-bond acceptors (Lipinski definition) is 2. The first-order chi connectivity index (χ1) is 6.33. The summed E-state index contributed by atoms with van der Waals surface area (Å²) in [6, 6.07) is 0.513. The molecule has 1 aliphatic rings. The van der Waals surface area contributed by atoms with Gasteiger partial charge in [-0.15, -0.1) is 0 Å². The molecule has 0 aromatic heterocycles. The van der Waals surface area contributed by atoms with E-state index in [4.69, 9.17) is 4.74 Å². The fraction of sp³-hybridized carbons (Fsp3) is 1.00. The molecule has 2 nitrogen and oxygen atoms in total. The molecule has 2 heteroatoms. The molecule has 0 aromatic carbocycles. The van der Waals surface area contributed by atoms with Gasteiger partial charge >= 0.3 is 0 Å². The van der Waals surface area contributed by atoms with Crippen LogP contribution in [0.1, 0.15) is 39.5 Å². The Hall–Kier alpha value is -0.0800. The normalized spacial score (nSPS) is 18.9. The van der Waals surface area contributed by atoms with E-state index < -0.39 is 0 Å². The van der Waals surface area contributed by atoms with Crippen LogP contribution in [0.4, 0.5) is 0 Å². The standard InChI is InChI=1S/C11H23NO/c1-3-7-12-10(2)9-13-8-6-11-4-5-11/h10-12H,3-9H2,1-2H3. The van der Waals surface area contributed by atoms with Crippen LogP contribution in [0, 0.1) is 5.92 Å². The van der Waals surface area contributed by atoms with Crippen LogP contribution in [-0.2, 0) is 4.74 Å². The van der Waals surface area contributed by atoms with Gasteiger partial charge in [-0.05, 0) is 32.2 Å². The molecule has 0 spiro atoms. The van der Waals surface area contributed by atoms with Gasteiger partial charge in [0.05, 0.1) is 6.61 Å². The quantitative estimate of drug-likeness (QED) is 0.585. The SMILES string of the molecule is CCCNC(C)COCCC1CC1. The summed E-state index contributed by atoms with van der Waals surface area (Å²) >= 11 is 0. The number of rotatable bonds is 8. The van der Waals surface area contributed by atoms with Crippen LogP contribution in [0.25, 0.3) is 0 Å². The lowest BCUT2D eigenvalue weighted by atomic mass is 10.3. The van der Waals surface area contributed by atoms with Crippen molar-refractivity contribution in [3.05, 3.63) is 0 Å². The van der Waals surface area contributed by atoms with Gasteiger partial charge in [0, 0.05) is 12.6 Å². The molecule has 0 heterocycles. The van der Waals surface area contributed by atoms with Gasteiger partial charge < -0.3 is 10.1 Å². The Morgan fingerprint density at radius 2 is 2.23 bits per heavy atom. The summed E-state index contributed by atoms with van der Waals surface area (Å²) in [7, 11) is 0. The summed E-state index contributed by atoms with van der Waals surface area (Å²) in [5.74, 6) is 0.999.